The van der Waals surface area contributed by atoms with Crippen molar-refractivity contribution >= 4 is 22.9 Å². The summed E-state index contributed by atoms with van der Waals surface area (Å²) >= 11 is 1.58. The first-order valence-corrected chi connectivity index (χ1v) is 7.27. The zero-order valence-corrected chi connectivity index (χ0v) is 12.1. The van der Waals surface area contributed by atoms with E-state index in [1.807, 2.05) is 12.3 Å². The second-order valence-electron chi connectivity index (χ2n) is 4.12. The molecule has 0 aliphatic rings. The molecule has 0 fully saturated rings. The van der Waals surface area contributed by atoms with E-state index in [9.17, 15) is 4.79 Å². The van der Waals surface area contributed by atoms with Gasteiger partial charge in [0.1, 0.15) is 5.75 Å². The zero-order chi connectivity index (χ0) is 14.4. The zero-order valence-electron chi connectivity index (χ0n) is 11.3. The molecule has 0 spiro atoms. The molecule has 6 heteroatoms. The van der Waals surface area contributed by atoms with Crippen LogP contribution in [-0.4, -0.2) is 24.0 Å². The average Bonchev–Trinajstić information content (AvgIpc) is 2.94. The molecule has 0 unspecified atom stereocenters. The molecular weight excluding hydrogens is 274 g/mol. The van der Waals surface area contributed by atoms with Crippen LogP contribution in [0.1, 0.15) is 22.3 Å². The highest BCUT2D eigenvalue weighted by Gasteiger charge is 2.08. The molecule has 0 aliphatic heterocycles. The van der Waals surface area contributed by atoms with Crippen LogP contribution in [-0.2, 0) is 6.42 Å². The number of hydrogen-bond donors (Lipinski definition) is 2. The fraction of sp³-hybridized carbons (Fsp3) is 0.286. The standard InChI is InChI=1S/C14H17N3O2S/c1-2-19-12-4-3-10(9-11(12)15)14(18)17-6-5-13-16-7-8-20-13/h3-4,7-9H,2,5-6,15H2,1H3,(H,17,18). The summed E-state index contributed by atoms with van der Waals surface area (Å²) in [6.45, 7) is 2.99. The van der Waals surface area contributed by atoms with Gasteiger partial charge < -0.3 is 15.8 Å². The molecule has 0 aliphatic carbocycles. The minimum Gasteiger partial charge on any atom is -0.492 e. The SMILES string of the molecule is CCOc1ccc(C(=O)NCCc2nccs2)cc1N. The lowest BCUT2D eigenvalue weighted by molar-refractivity contribution is 0.0954. The van der Waals surface area contributed by atoms with Crippen LogP contribution in [0.5, 0.6) is 5.75 Å². The number of nitrogens with one attached hydrogen (secondary N) is 1. The van der Waals surface area contributed by atoms with Crippen LogP contribution in [0.2, 0.25) is 0 Å². The number of carbonyl (C=O) groups excluding carboxylic acids is 1. The van der Waals surface area contributed by atoms with Crippen molar-refractivity contribution in [3.63, 3.8) is 0 Å². The molecule has 20 heavy (non-hydrogen) atoms. The maximum absolute atomic E-state index is 12.0. The molecule has 1 amide bonds. The van der Waals surface area contributed by atoms with Crippen LogP contribution >= 0.6 is 11.3 Å². The highest BCUT2D eigenvalue weighted by Crippen LogP contribution is 2.22. The van der Waals surface area contributed by atoms with Gasteiger partial charge in [-0.15, -0.1) is 11.3 Å². The lowest BCUT2D eigenvalue weighted by Crippen LogP contribution is -2.25. The Balaban J connectivity index is 1.90. The van der Waals surface area contributed by atoms with Gasteiger partial charge in [0, 0.05) is 30.1 Å². The van der Waals surface area contributed by atoms with Crippen molar-refractivity contribution in [2.75, 3.05) is 18.9 Å². The van der Waals surface area contributed by atoms with Gasteiger partial charge in [0.15, 0.2) is 0 Å². The van der Waals surface area contributed by atoms with E-state index >= 15 is 0 Å². The molecular formula is C14H17N3O2S. The molecule has 1 aromatic heterocycles. The molecule has 0 radical (unpaired) electrons. The smallest absolute Gasteiger partial charge is 0.251 e. The van der Waals surface area contributed by atoms with E-state index < -0.39 is 0 Å². The predicted molar refractivity (Wildman–Crippen MR) is 80.2 cm³/mol. The number of carbonyl (C=O) groups is 1. The third-order valence-electron chi connectivity index (χ3n) is 2.68. The Kier molecular flexibility index (Phi) is 4.95. The summed E-state index contributed by atoms with van der Waals surface area (Å²) in [4.78, 5) is 16.1. The maximum Gasteiger partial charge on any atom is 0.251 e. The van der Waals surface area contributed by atoms with Crippen molar-refractivity contribution in [1.82, 2.24) is 10.3 Å². The van der Waals surface area contributed by atoms with Crippen molar-refractivity contribution in [3.05, 3.63) is 40.3 Å². The number of anilines is 1. The number of aromatic nitrogens is 1. The Morgan fingerprint density at radius 3 is 3.00 bits per heavy atom. The number of rotatable bonds is 6. The monoisotopic (exact) mass is 291 g/mol. The van der Waals surface area contributed by atoms with Crippen LogP contribution in [0.25, 0.3) is 0 Å². The average molecular weight is 291 g/mol. The first kappa shape index (κ1) is 14.3. The van der Waals surface area contributed by atoms with Gasteiger partial charge in [-0.3, -0.25) is 4.79 Å². The number of thiazole rings is 1. The van der Waals surface area contributed by atoms with Crippen molar-refractivity contribution < 1.29 is 9.53 Å². The number of nitrogens with two attached hydrogens (primary N) is 1. The highest BCUT2D eigenvalue weighted by molar-refractivity contribution is 7.09. The third kappa shape index (κ3) is 3.71. The fourth-order valence-electron chi connectivity index (χ4n) is 1.74. The second-order valence-corrected chi connectivity index (χ2v) is 5.10. The molecule has 0 bridgehead atoms. The number of amides is 1. The third-order valence-corrected chi connectivity index (χ3v) is 3.52. The molecule has 2 rings (SSSR count). The normalized spacial score (nSPS) is 10.2. The summed E-state index contributed by atoms with van der Waals surface area (Å²) in [6, 6.07) is 5.05. The second kappa shape index (κ2) is 6.91. The van der Waals surface area contributed by atoms with E-state index in [0.29, 0.717) is 30.2 Å². The van der Waals surface area contributed by atoms with E-state index in [4.69, 9.17) is 10.5 Å². The first-order chi connectivity index (χ1) is 9.70. The summed E-state index contributed by atoms with van der Waals surface area (Å²) in [5.41, 5.74) is 6.84. The molecule has 0 saturated carbocycles. The van der Waals surface area contributed by atoms with Gasteiger partial charge in [0.05, 0.1) is 17.3 Å². The number of ether oxygens (including phenoxy) is 1. The fourth-order valence-corrected chi connectivity index (χ4v) is 2.36. The van der Waals surface area contributed by atoms with Gasteiger partial charge in [-0.05, 0) is 25.1 Å². The van der Waals surface area contributed by atoms with Crippen molar-refractivity contribution in [3.8, 4) is 5.75 Å². The van der Waals surface area contributed by atoms with Crippen LogP contribution < -0.4 is 15.8 Å². The number of nitrogens with zero attached hydrogens (tertiary/aromatic N) is 1. The molecule has 2 aromatic rings. The van der Waals surface area contributed by atoms with E-state index in [2.05, 4.69) is 10.3 Å². The molecule has 1 aromatic carbocycles. The lowest BCUT2D eigenvalue weighted by Gasteiger charge is -2.09. The van der Waals surface area contributed by atoms with E-state index in [-0.39, 0.29) is 5.91 Å². The van der Waals surface area contributed by atoms with Crippen molar-refractivity contribution in [1.29, 1.82) is 0 Å². The van der Waals surface area contributed by atoms with Gasteiger partial charge in [0.25, 0.3) is 5.91 Å². The summed E-state index contributed by atoms with van der Waals surface area (Å²) in [5.74, 6) is 0.461. The van der Waals surface area contributed by atoms with Gasteiger partial charge in [0.2, 0.25) is 0 Å². The largest absolute Gasteiger partial charge is 0.492 e. The van der Waals surface area contributed by atoms with E-state index in [1.54, 1.807) is 35.7 Å². The summed E-state index contributed by atoms with van der Waals surface area (Å²) in [6.07, 6.45) is 2.49. The molecule has 0 atom stereocenters. The Hall–Kier alpha value is -2.08. The Morgan fingerprint density at radius 2 is 2.35 bits per heavy atom. The molecule has 0 saturated heterocycles. The molecule has 106 valence electrons. The summed E-state index contributed by atoms with van der Waals surface area (Å²) in [7, 11) is 0. The van der Waals surface area contributed by atoms with Gasteiger partial charge >= 0.3 is 0 Å². The van der Waals surface area contributed by atoms with Crippen LogP contribution in [0.4, 0.5) is 5.69 Å². The Labute approximate surface area is 121 Å². The van der Waals surface area contributed by atoms with Crippen molar-refractivity contribution in [2.24, 2.45) is 0 Å². The minimum absolute atomic E-state index is 0.142. The number of hydrogen-bond acceptors (Lipinski definition) is 5. The highest BCUT2D eigenvalue weighted by atomic mass is 32.1. The van der Waals surface area contributed by atoms with Gasteiger partial charge in [-0.25, -0.2) is 4.98 Å². The quantitative estimate of drug-likeness (QED) is 0.799. The molecule has 1 heterocycles. The lowest BCUT2D eigenvalue weighted by atomic mass is 10.1. The van der Waals surface area contributed by atoms with Crippen molar-refractivity contribution in [2.45, 2.75) is 13.3 Å². The minimum atomic E-state index is -0.142. The van der Waals surface area contributed by atoms with Crippen LogP contribution in [0.15, 0.2) is 29.8 Å². The first-order valence-electron chi connectivity index (χ1n) is 6.39. The number of nitrogen functional groups attached to an aromatic ring is 1. The maximum atomic E-state index is 12.0. The number of benzene rings is 1. The Bertz CT molecular complexity index is 570. The molecule has 5 nitrogen and oxygen atoms in total. The van der Waals surface area contributed by atoms with Crippen LogP contribution in [0.3, 0.4) is 0 Å². The molecule has 3 N–H and O–H groups in total. The summed E-state index contributed by atoms with van der Waals surface area (Å²) < 4.78 is 5.34. The van der Waals surface area contributed by atoms with Gasteiger partial charge in [-0.1, -0.05) is 0 Å². The summed E-state index contributed by atoms with van der Waals surface area (Å²) in [5, 5.41) is 5.78. The van der Waals surface area contributed by atoms with Crippen LogP contribution in [0, 0.1) is 0 Å². The topological polar surface area (TPSA) is 77.2 Å². The Morgan fingerprint density at radius 1 is 1.50 bits per heavy atom. The van der Waals surface area contributed by atoms with E-state index in [0.717, 1.165) is 11.4 Å². The predicted octanol–water partition coefficient (Wildman–Crippen LogP) is 2.10. The van der Waals surface area contributed by atoms with E-state index in [1.165, 1.54) is 0 Å². The van der Waals surface area contributed by atoms with Gasteiger partial charge in [-0.2, -0.15) is 0 Å².